The van der Waals surface area contributed by atoms with Crippen LogP contribution in [-0.4, -0.2) is 72.6 Å². The molecule has 1 aromatic carbocycles. The van der Waals surface area contributed by atoms with Gasteiger partial charge in [-0.05, 0) is 27.1 Å². The van der Waals surface area contributed by atoms with Crippen LogP contribution in [0.1, 0.15) is 31.4 Å². The molecule has 3 rings (SSSR count). The number of ether oxygens (including phenoxy) is 1. The van der Waals surface area contributed by atoms with Crippen LogP contribution in [0.4, 0.5) is 9.18 Å². The molecule has 0 bridgehead atoms. The van der Waals surface area contributed by atoms with Crippen LogP contribution in [0.5, 0.6) is 0 Å². The lowest BCUT2D eigenvalue weighted by Gasteiger charge is -2.39. The maximum absolute atomic E-state index is 14.2. The normalized spacial score (nSPS) is 20.6. The number of carbonyl (C=O) groups is 2. The monoisotopic (exact) mass is 363 g/mol. The topological polar surface area (TPSA) is 53.1 Å². The largest absolute Gasteiger partial charge is 0.441 e. The zero-order chi connectivity index (χ0) is 18.9. The van der Waals surface area contributed by atoms with Crippen LogP contribution in [-0.2, 0) is 9.53 Å². The van der Waals surface area contributed by atoms with Gasteiger partial charge in [0.1, 0.15) is 17.5 Å². The third-order valence-electron chi connectivity index (χ3n) is 5.36. The molecule has 1 atom stereocenters. The van der Waals surface area contributed by atoms with E-state index in [9.17, 15) is 14.0 Å². The molecule has 2 aliphatic heterocycles. The van der Waals surface area contributed by atoms with Gasteiger partial charge in [0.15, 0.2) is 0 Å². The molecule has 1 spiro atoms. The highest BCUT2D eigenvalue weighted by molar-refractivity contribution is 5.83. The van der Waals surface area contributed by atoms with Gasteiger partial charge in [-0.15, -0.1) is 0 Å². The average Bonchev–Trinajstić information content (AvgIpc) is 2.92. The van der Waals surface area contributed by atoms with E-state index in [0.717, 1.165) is 0 Å². The molecule has 6 nitrogen and oxygen atoms in total. The van der Waals surface area contributed by atoms with Gasteiger partial charge in [-0.2, -0.15) is 0 Å². The number of piperidine rings is 1. The van der Waals surface area contributed by atoms with Crippen molar-refractivity contribution in [3.63, 3.8) is 0 Å². The fraction of sp³-hybridized carbons (Fsp3) is 0.579. The molecule has 0 N–H and O–H groups in total. The van der Waals surface area contributed by atoms with Crippen LogP contribution >= 0.6 is 0 Å². The van der Waals surface area contributed by atoms with Gasteiger partial charge in [0.25, 0.3) is 0 Å². The average molecular weight is 363 g/mol. The summed E-state index contributed by atoms with van der Waals surface area (Å²) in [6, 6.07) is 5.73. The van der Waals surface area contributed by atoms with Gasteiger partial charge in [0, 0.05) is 38.0 Å². The van der Waals surface area contributed by atoms with Crippen molar-refractivity contribution < 1.29 is 18.7 Å². The lowest BCUT2D eigenvalue weighted by atomic mass is 9.90. The van der Waals surface area contributed by atoms with Crippen LogP contribution in [0, 0.1) is 5.82 Å². The first-order valence-corrected chi connectivity index (χ1v) is 9.04. The first-order valence-electron chi connectivity index (χ1n) is 9.04. The molecule has 0 saturated carbocycles. The van der Waals surface area contributed by atoms with Gasteiger partial charge in [0.2, 0.25) is 5.91 Å². The van der Waals surface area contributed by atoms with Crippen molar-refractivity contribution in [2.24, 2.45) is 0 Å². The highest BCUT2D eigenvalue weighted by atomic mass is 19.1. The number of halogens is 1. The zero-order valence-electron chi connectivity index (χ0n) is 15.6. The second-order valence-corrected chi connectivity index (χ2v) is 7.28. The fourth-order valence-electron chi connectivity index (χ4n) is 3.83. The number of hydrogen-bond donors (Lipinski definition) is 0. The fourth-order valence-corrected chi connectivity index (χ4v) is 3.83. The molecular weight excluding hydrogens is 337 g/mol. The maximum atomic E-state index is 14.2. The van der Waals surface area contributed by atoms with Crippen molar-refractivity contribution in [1.29, 1.82) is 0 Å². The van der Waals surface area contributed by atoms with E-state index >= 15 is 0 Å². The molecule has 1 aromatic rings. The number of likely N-dealkylation sites (tertiary alicyclic amines) is 1. The summed E-state index contributed by atoms with van der Waals surface area (Å²) in [7, 11) is 3.55. The van der Waals surface area contributed by atoms with Crippen molar-refractivity contribution in [2.75, 3.05) is 40.3 Å². The molecule has 2 saturated heterocycles. The Bertz CT molecular complexity index is 686. The predicted molar refractivity (Wildman–Crippen MR) is 95.1 cm³/mol. The summed E-state index contributed by atoms with van der Waals surface area (Å²) in [5, 5.41) is 0. The highest BCUT2D eigenvalue weighted by Crippen LogP contribution is 2.34. The maximum Gasteiger partial charge on any atom is 0.410 e. The van der Waals surface area contributed by atoms with Crippen molar-refractivity contribution in [2.45, 2.75) is 31.4 Å². The third kappa shape index (κ3) is 3.40. The molecule has 0 unspecified atom stereocenters. The summed E-state index contributed by atoms with van der Waals surface area (Å²) in [4.78, 5) is 30.2. The summed E-state index contributed by atoms with van der Waals surface area (Å²) in [6.45, 7) is 4.13. The molecule has 2 heterocycles. The smallest absolute Gasteiger partial charge is 0.410 e. The summed E-state index contributed by atoms with van der Waals surface area (Å²) in [6.07, 6.45) is 0.946. The minimum Gasteiger partial charge on any atom is -0.441 e. The summed E-state index contributed by atoms with van der Waals surface area (Å²) < 4.78 is 19.8. The summed E-state index contributed by atoms with van der Waals surface area (Å²) >= 11 is 0. The molecule has 2 fully saturated rings. The number of benzene rings is 1. The van der Waals surface area contributed by atoms with Gasteiger partial charge in [-0.25, -0.2) is 9.18 Å². The number of amides is 2. The molecule has 2 amide bonds. The summed E-state index contributed by atoms with van der Waals surface area (Å²) in [5.41, 5.74) is -0.109. The SMILES string of the molecule is CCN1CC2(CCN(C(=O)[C@H](c3ccccc3F)N(C)C)CC2)OC1=O. The number of rotatable bonds is 4. The van der Waals surface area contributed by atoms with Crippen LogP contribution in [0.25, 0.3) is 0 Å². The minimum atomic E-state index is -0.663. The first kappa shape index (κ1) is 18.6. The standard InChI is InChI=1S/C19H26FN3O3/c1-4-22-13-19(26-18(22)25)9-11-23(12-10-19)17(24)16(21(2)3)14-7-5-6-8-15(14)20/h5-8,16H,4,9-13H2,1-3H3/t16-/m0/s1. The first-order chi connectivity index (χ1) is 12.4. The number of carbonyl (C=O) groups excluding carboxylic acids is 2. The quantitative estimate of drug-likeness (QED) is 0.823. The van der Waals surface area contributed by atoms with Crippen LogP contribution in [0.15, 0.2) is 24.3 Å². The van der Waals surface area contributed by atoms with E-state index in [-0.39, 0.29) is 17.8 Å². The second kappa shape index (κ2) is 7.23. The molecular formula is C19H26FN3O3. The van der Waals surface area contributed by atoms with Crippen molar-refractivity contribution in [3.8, 4) is 0 Å². The summed E-state index contributed by atoms with van der Waals surface area (Å²) in [5.74, 6) is -0.497. The van der Waals surface area contributed by atoms with Crippen molar-refractivity contribution >= 4 is 12.0 Å². The number of likely N-dealkylation sites (N-methyl/N-ethyl adjacent to an activating group) is 2. The van der Waals surface area contributed by atoms with E-state index < -0.39 is 11.6 Å². The second-order valence-electron chi connectivity index (χ2n) is 7.28. The number of hydrogen-bond acceptors (Lipinski definition) is 4. The number of nitrogens with zero attached hydrogens (tertiary/aromatic N) is 3. The van der Waals surface area contributed by atoms with Crippen molar-refractivity contribution in [3.05, 3.63) is 35.6 Å². The van der Waals surface area contributed by atoms with Gasteiger partial charge >= 0.3 is 6.09 Å². The Morgan fingerprint density at radius 2 is 1.96 bits per heavy atom. The Labute approximate surface area is 153 Å². The van der Waals surface area contributed by atoms with E-state index in [2.05, 4.69) is 0 Å². The van der Waals surface area contributed by atoms with E-state index in [0.29, 0.717) is 44.6 Å². The van der Waals surface area contributed by atoms with Crippen LogP contribution in [0.3, 0.4) is 0 Å². The van der Waals surface area contributed by atoms with E-state index in [1.54, 1.807) is 47.0 Å². The third-order valence-corrected chi connectivity index (χ3v) is 5.36. The Kier molecular flexibility index (Phi) is 5.18. The highest BCUT2D eigenvalue weighted by Gasteiger charge is 2.47. The van der Waals surface area contributed by atoms with Crippen LogP contribution < -0.4 is 0 Å². The molecule has 0 radical (unpaired) electrons. The predicted octanol–water partition coefficient (Wildman–Crippen LogP) is 2.26. The molecule has 7 heteroatoms. The van der Waals surface area contributed by atoms with Gasteiger partial charge < -0.3 is 14.5 Å². The Balaban J connectivity index is 1.71. The van der Waals surface area contributed by atoms with Crippen molar-refractivity contribution in [1.82, 2.24) is 14.7 Å². The Hall–Kier alpha value is -2.15. The van der Waals surface area contributed by atoms with E-state index in [4.69, 9.17) is 4.74 Å². The van der Waals surface area contributed by atoms with E-state index in [1.165, 1.54) is 6.07 Å². The minimum absolute atomic E-state index is 0.119. The van der Waals surface area contributed by atoms with Gasteiger partial charge in [0.05, 0.1) is 6.54 Å². The molecule has 26 heavy (non-hydrogen) atoms. The molecule has 0 aromatic heterocycles. The van der Waals surface area contributed by atoms with Gasteiger partial charge in [-0.3, -0.25) is 9.69 Å². The molecule has 142 valence electrons. The van der Waals surface area contributed by atoms with Crippen LogP contribution in [0.2, 0.25) is 0 Å². The Morgan fingerprint density at radius 1 is 1.31 bits per heavy atom. The Morgan fingerprint density at radius 3 is 2.50 bits per heavy atom. The molecule has 0 aliphatic carbocycles. The lowest BCUT2D eigenvalue weighted by molar-refractivity contribution is -0.139. The van der Waals surface area contributed by atoms with Gasteiger partial charge in [-0.1, -0.05) is 18.2 Å². The lowest BCUT2D eigenvalue weighted by Crippen LogP contribution is -2.51. The van der Waals surface area contributed by atoms with E-state index in [1.807, 2.05) is 6.92 Å². The molecule has 2 aliphatic rings. The zero-order valence-corrected chi connectivity index (χ0v) is 15.6.